The summed E-state index contributed by atoms with van der Waals surface area (Å²) in [5.74, 6) is 0.392. The van der Waals surface area contributed by atoms with E-state index in [1.165, 1.54) is 5.56 Å². The third kappa shape index (κ3) is 3.52. The summed E-state index contributed by atoms with van der Waals surface area (Å²) in [6, 6.07) is 8.34. The number of halogens is 1. The number of hydrogen-bond acceptors (Lipinski definition) is 3. The van der Waals surface area contributed by atoms with Gasteiger partial charge in [-0.3, -0.25) is 4.90 Å². The molecule has 94 valence electrons. The Morgan fingerprint density at radius 2 is 2.00 bits per heavy atom. The fourth-order valence-electron chi connectivity index (χ4n) is 2.20. The van der Waals surface area contributed by atoms with Crippen LogP contribution in [0.5, 0.6) is 0 Å². The molecule has 4 heteroatoms. The first kappa shape index (κ1) is 13.0. The number of hydrogen-bond donors (Lipinski definition) is 1. The van der Waals surface area contributed by atoms with E-state index in [0.717, 1.165) is 37.3 Å². The molecule has 0 aliphatic carbocycles. The van der Waals surface area contributed by atoms with Crippen molar-refractivity contribution in [1.82, 2.24) is 4.90 Å². The SMILES string of the molecule is NCC(CN1CCOCC1)c1ccccc1Br. The average molecular weight is 299 g/mol. The predicted octanol–water partition coefficient (Wildman–Crippen LogP) is 1.82. The van der Waals surface area contributed by atoms with Crippen LogP contribution in [0.25, 0.3) is 0 Å². The van der Waals surface area contributed by atoms with Gasteiger partial charge in [-0.2, -0.15) is 0 Å². The third-order valence-electron chi connectivity index (χ3n) is 3.21. The summed E-state index contributed by atoms with van der Waals surface area (Å²) >= 11 is 3.60. The molecule has 0 saturated carbocycles. The molecule has 1 aliphatic rings. The van der Waals surface area contributed by atoms with Gasteiger partial charge in [0.15, 0.2) is 0 Å². The van der Waals surface area contributed by atoms with Gasteiger partial charge < -0.3 is 10.5 Å². The van der Waals surface area contributed by atoms with E-state index in [1.54, 1.807) is 0 Å². The largest absolute Gasteiger partial charge is 0.379 e. The molecule has 3 nitrogen and oxygen atoms in total. The van der Waals surface area contributed by atoms with E-state index in [9.17, 15) is 0 Å². The number of morpholine rings is 1. The molecule has 1 saturated heterocycles. The molecule has 1 atom stereocenters. The summed E-state index contributed by atoms with van der Waals surface area (Å²) in [6.45, 7) is 5.41. The van der Waals surface area contributed by atoms with Crippen molar-refractivity contribution in [2.45, 2.75) is 5.92 Å². The zero-order chi connectivity index (χ0) is 12.1. The Balaban J connectivity index is 2.03. The molecule has 1 unspecified atom stereocenters. The van der Waals surface area contributed by atoms with Gasteiger partial charge >= 0.3 is 0 Å². The fourth-order valence-corrected chi connectivity index (χ4v) is 2.81. The van der Waals surface area contributed by atoms with Gasteiger partial charge in [-0.15, -0.1) is 0 Å². The normalized spacial score (nSPS) is 19.2. The summed E-state index contributed by atoms with van der Waals surface area (Å²) in [6.07, 6.45) is 0. The first-order valence-corrected chi connectivity index (χ1v) is 6.85. The van der Waals surface area contributed by atoms with Crippen molar-refractivity contribution in [3.63, 3.8) is 0 Å². The van der Waals surface area contributed by atoms with E-state index in [0.29, 0.717) is 12.5 Å². The second kappa shape index (κ2) is 6.50. The van der Waals surface area contributed by atoms with Gasteiger partial charge in [-0.25, -0.2) is 0 Å². The second-order valence-electron chi connectivity index (χ2n) is 4.37. The Morgan fingerprint density at radius 3 is 2.65 bits per heavy atom. The van der Waals surface area contributed by atoms with Crippen LogP contribution < -0.4 is 5.73 Å². The first-order chi connectivity index (χ1) is 8.31. The van der Waals surface area contributed by atoms with Gasteiger partial charge in [-0.1, -0.05) is 34.1 Å². The topological polar surface area (TPSA) is 38.5 Å². The Kier molecular flexibility index (Phi) is 4.98. The third-order valence-corrected chi connectivity index (χ3v) is 3.93. The van der Waals surface area contributed by atoms with Crippen molar-refractivity contribution in [2.75, 3.05) is 39.4 Å². The van der Waals surface area contributed by atoms with E-state index in [1.807, 2.05) is 6.07 Å². The lowest BCUT2D eigenvalue weighted by Gasteiger charge is -2.30. The van der Waals surface area contributed by atoms with Crippen LogP contribution in [0, 0.1) is 0 Å². The van der Waals surface area contributed by atoms with Gasteiger partial charge in [0.2, 0.25) is 0 Å². The maximum absolute atomic E-state index is 5.91. The molecule has 0 radical (unpaired) electrons. The maximum Gasteiger partial charge on any atom is 0.0594 e. The molecule has 1 aromatic rings. The number of nitrogens with two attached hydrogens (primary N) is 1. The van der Waals surface area contributed by atoms with Gasteiger partial charge in [0, 0.05) is 36.6 Å². The Morgan fingerprint density at radius 1 is 1.29 bits per heavy atom. The van der Waals surface area contributed by atoms with Crippen molar-refractivity contribution in [1.29, 1.82) is 0 Å². The molecular formula is C13H19BrN2O. The minimum Gasteiger partial charge on any atom is -0.379 e. The molecule has 0 aromatic heterocycles. The van der Waals surface area contributed by atoms with Crippen molar-refractivity contribution >= 4 is 15.9 Å². The Hall–Kier alpha value is -0.420. The summed E-state index contributed by atoms with van der Waals surface area (Å²) < 4.78 is 6.52. The minimum atomic E-state index is 0.392. The molecule has 1 aromatic carbocycles. The lowest BCUT2D eigenvalue weighted by atomic mass is 9.98. The van der Waals surface area contributed by atoms with Crippen molar-refractivity contribution in [3.8, 4) is 0 Å². The number of rotatable bonds is 4. The second-order valence-corrected chi connectivity index (χ2v) is 5.22. The summed E-state index contributed by atoms with van der Waals surface area (Å²) in [4.78, 5) is 2.43. The maximum atomic E-state index is 5.91. The van der Waals surface area contributed by atoms with E-state index < -0.39 is 0 Å². The van der Waals surface area contributed by atoms with E-state index in [-0.39, 0.29) is 0 Å². The highest BCUT2D eigenvalue weighted by molar-refractivity contribution is 9.10. The van der Waals surface area contributed by atoms with E-state index in [2.05, 4.69) is 39.0 Å². The van der Waals surface area contributed by atoms with Gasteiger partial charge in [0.1, 0.15) is 0 Å². The summed E-state index contributed by atoms with van der Waals surface area (Å²) in [5.41, 5.74) is 7.22. The molecular weight excluding hydrogens is 280 g/mol. The molecule has 1 fully saturated rings. The highest BCUT2D eigenvalue weighted by Gasteiger charge is 2.18. The molecule has 0 spiro atoms. The number of benzene rings is 1. The van der Waals surface area contributed by atoms with Crippen molar-refractivity contribution in [3.05, 3.63) is 34.3 Å². The molecule has 1 heterocycles. The zero-order valence-corrected chi connectivity index (χ0v) is 11.5. The van der Waals surface area contributed by atoms with Crippen LogP contribution in [-0.4, -0.2) is 44.3 Å². The summed E-state index contributed by atoms with van der Waals surface area (Å²) in [5, 5.41) is 0. The van der Waals surface area contributed by atoms with Crippen LogP contribution in [0.15, 0.2) is 28.7 Å². The van der Waals surface area contributed by atoms with Crippen LogP contribution in [0.1, 0.15) is 11.5 Å². The molecule has 2 rings (SSSR count). The number of ether oxygens (including phenoxy) is 1. The highest BCUT2D eigenvalue weighted by Crippen LogP contribution is 2.25. The van der Waals surface area contributed by atoms with Crippen LogP contribution in [0.4, 0.5) is 0 Å². The number of nitrogens with zero attached hydrogens (tertiary/aromatic N) is 1. The quantitative estimate of drug-likeness (QED) is 0.922. The molecule has 2 N–H and O–H groups in total. The van der Waals surface area contributed by atoms with Crippen LogP contribution in [0.2, 0.25) is 0 Å². The minimum absolute atomic E-state index is 0.392. The van der Waals surface area contributed by atoms with Crippen LogP contribution >= 0.6 is 15.9 Å². The van der Waals surface area contributed by atoms with E-state index in [4.69, 9.17) is 10.5 Å². The smallest absolute Gasteiger partial charge is 0.0594 e. The highest BCUT2D eigenvalue weighted by atomic mass is 79.9. The predicted molar refractivity (Wildman–Crippen MR) is 73.2 cm³/mol. The van der Waals surface area contributed by atoms with Gasteiger partial charge in [-0.05, 0) is 11.6 Å². The van der Waals surface area contributed by atoms with Crippen LogP contribution in [0.3, 0.4) is 0 Å². The monoisotopic (exact) mass is 298 g/mol. The average Bonchev–Trinajstić information content (AvgIpc) is 2.38. The Labute approximate surface area is 111 Å². The molecule has 0 bridgehead atoms. The van der Waals surface area contributed by atoms with Crippen LogP contribution in [-0.2, 0) is 4.74 Å². The first-order valence-electron chi connectivity index (χ1n) is 6.06. The Bertz CT molecular complexity index is 353. The zero-order valence-electron chi connectivity index (χ0n) is 9.94. The molecule has 1 aliphatic heterocycles. The van der Waals surface area contributed by atoms with E-state index >= 15 is 0 Å². The van der Waals surface area contributed by atoms with Crippen molar-refractivity contribution in [2.24, 2.45) is 5.73 Å². The lowest BCUT2D eigenvalue weighted by molar-refractivity contribution is 0.0353. The standard InChI is InChI=1S/C13H19BrN2O/c14-13-4-2-1-3-12(13)11(9-15)10-16-5-7-17-8-6-16/h1-4,11H,5-10,15H2. The van der Waals surface area contributed by atoms with Gasteiger partial charge in [0.25, 0.3) is 0 Å². The lowest BCUT2D eigenvalue weighted by Crippen LogP contribution is -2.40. The van der Waals surface area contributed by atoms with Gasteiger partial charge in [0.05, 0.1) is 13.2 Å². The fraction of sp³-hybridized carbons (Fsp3) is 0.538. The summed E-state index contributed by atoms with van der Waals surface area (Å²) in [7, 11) is 0. The van der Waals surface area contributed by atoms with Crippen molar-refractivity contribution < 1.29 is 4.74 Å². The molecule has 17 heavy (non-hydrogen) atoms. The molecule has 0 amide bonds.